The number of anilines is 2. The van der Waals surface area contributed by atoms with Gasteiger partial charge in [0.25, 0.3) is 0 Å². The number of para-hydroxylation sites is 1. The van der Waals surface area contributed by atoms with Crippen molar-refractivity contribution in [2.45, 2.75) is 46.7 Å². The van der Waals surface area contributed by atoms with Gasteiger partial charge in [-0.2, -0.15) is 4.98 Å². The molecule has 4 aromatic rings. The van der Waals surface area contributed by atoms with E-state index in [-0.39, 0.29) is 5.54 Å². The van der Waals surface area contributed by atoms with Crippen molar-refractivity contribution in [2.24, 2.45) is 0 Å². The molecule has 0 spiro atoms. The molecule has 158 valence electrons. The summed E-state index contributed by atoms with van der Waals surface area (Å²) in [6.45, 7) is 11.0. The topological polar surface area (TPSA) is 62.7 Å². The number of hydrogen-bond acceptors (Lipinski definition) is 5. The summed E-state index contributed by atoms with van der Waals surface area (Å²) in [5, 5.41) is 7.98. The third kappa shape index (κ3) is 5.00. The molecule has 2 heterocycles. The van der Waals surface area contributed by atoms with Gasteiger partial charge in [0.1, 0.15) is 5.82 Å². The second kappa shape index (κ2) is 8.34. The molecule has 2 N–H and O–H groups in total. The van der Waals surface area contributed by atoms with Crippen LogP contribution in [0, 0.1) is 13.8 Å². The van der Waals surface area contributed by atoms with Crippen molar-refractivity contribution < 1.29 is 0 Å². The second-order valence-electron chi connectivity index (χ2n) is 8.96. The predicted molar refractivity (Wildman–Crippen MR) is 129 cm³/mol. The zero-order chi connectivity index (χ0) is 22.0. The summed E-state index contributed by atoms with van der Waals surface area (Å²) in [6, 6.07) is 20.8. The molecule has 0 bridgehead atoms. The minimum atomic E-state index is -0.105. The fourth-order valence-corrected chi connectivity index (χ4v) is 3.61. The van der Waals surface area contributed by atoms with Crippen LogP contribution in [0.2, 0.25) is 0 Å². The zero-order valence-electron chi connectivity index (χ0n) is 18.8. The maximum Gasteiger partial charge on any atom is 0.225 e. The molecule has 0 atom stereocenters. The number of pyridine rings is 1. The van der Waals surface area contributed by atoms with Gasteiger partial charge in [0.15, 0.2) is 0 Å². The minimum absolute atomic E-state index is 0.105. The molecule has 5 nitrogen and oxygen atoms in total. The highest BCUT2D eigenvalue weighted by atomic mass is 15.2. The third-order valence-electron chi connectivity index (χ3n) is 4.97. The van der Waals surface area contributed by atoms with E-state index in [9.17, 15) is 0 Å². The number of nitrogens with zero attached hydrogens (tertiary/aromatic N) is 3. The number of aryl methyl sites for hydroxylation is 2. The Morgan fingerprint density at radius 2 is 1.61 bits per heavy atom. The maximum absolute atomic E-state index is 5.06. The molecule has 0 aliphatic rings. The Bertz CT molecular complexity index is 1210. The van der Waals surface area contributed by atoms with Crippen LogP contribution in [0.1, 0.15) is 37.6 Å². The Morgan fingerprint density at radius 3 is 2.35 bits per heavy atom. The Morgan fingerprint density at radius 1 is 0.839 bits per heavy atom. The van der Waals surface area contributed by atoms with Crippen LogP contribution in [0.5, 0.6) is 0 Å². The van der Waals surface area contributed by atoms with Crippen molar-refractivity contribution in [3.63, 3.8) is 0 Å². The normalized spacial score (nSPS) is 11.5. The summed E-state index contributed by atoms with van der Waals surface area (Å²) in [6.07, 6.45) is 0. The van der Waals surface area contributed by atoms with Crippen molar-refractivity contribution in [3.05, 3.63) is 77.5 Å². The molecule has 0 radical (unpaired) electrons. The number of rotatable bonds is 5. The van der Waals surface area contributed by atoms with Crippen molar-refractivity contribution in [3.8, 4) is 11.3 Å². The fraction of sp³-hybridized carbons (Fsp3) is 0.269. The van der Waals surface area contributed by atoms with Crippen LogP contribution in [0.3, 0.4) is 0 Å². The maximum atomic E-state index is 5.06. The molecule has 0 unspecified atom stereocenters. The van der Waals surface area contributed by atoms with Gasteiger partial charge in [0.05, 0.1) is 11.2 Å². The molecule has 2 aromatic heterocycles. The zero-order valence-corrected chi connectivity index (χ0v) is 18.8. The van der Waals surface area contributed by atoms with Gasteiger partial charge in [-0.1, -0.05) is 48.5 Å². The van der Waals surface area contributed by atoms with Crippen LogP contribution in [0.4, 0.5) is 11.8 Å². The van der Waals surface area contributed by atoms with Crippen LogP contribution < -0.4 is 10.6 Å². The molecular formula is C26H29N5. The largest absolute Gasteiger partial charge is 0.366 e. The molecule has 0 saturated carbocycles. The molecule has 0 fully saturated rings. The summed E-state index contributed by atoms with van der Waals surface area (Å²) in [7, 11) is 0. The van der Waals surface area contributed by atoms with Crippen LogP contribution in [-0.4, -0.2) is 20.5 Å². The number of fused-ring (bicyclic) bond motifs is 1. The molecule has 0 aliphatic carbocycles. The van der Waals surface area contributed by atoms with E-state index in [1.807, 2.05) is 19.1 Å². The standard InChI is InChI=1S/C26H29N5/c1-17-10-9-13-20-15-21(24(30-23(17)20)19-11-7-6-8-12-19)16-27-22-14-18(2)28-25(29-22)31-26(3,4)5/h6-15H,16H2,1-5H3,(H2,27,28,29,31). The fourth-order valence-electron chi connectivity index (χ4n) is 3.61. The molecule has 4 rings (SSSR count). The monoisotopic (exact) mass is 411 g/mol. The van der Waals surface area contributed by atoms with E-state index >= 15 is 0 Å². The highest BCUT2D eigenvalue weighted by Gasteiger charge is 2.14. The van der Waals surface area contributed by atoms with E-state index in [2.05, 4.69) is 96.8 Å². The molecule has 0 saturated heterocycles. The summed E-state index contributed by atoms with van der Waals surface area (Å²) >= 11 is 0. The highest BCUT2D eigenvalue weighted by molar-refractivity contribution is 5.86. The summed E-state index contributed by atoms with van der Waals surface area (Å²) in [5.74, 6) is 1.42. The van der Waals surface area contributed by atoms with Gasteiger partial charge in [-0.25, -0.2) is 9.97 Å². The SMILES string of the molecule is Cc1cc(NCc2cc3cccc(C)c3nc2-c2ccccc2)nc(NC(C)(C)C)n1. The number of benzene rings is 2. The van der Waals surface area contributed by atoms with Gasteiger partial charge in [-0.15, -0.1) is 0 Å². The minimum Gasteiger partial charge on any atom is -0.366 e. The van der Waals surface area contributed by atoms with Crippen LogP contribution >= 0.6 is 0 Å². The van der Waals surface area contributed by atoms with E-state index in [0.717, 1.165) is 39.2 Å². The molecule has 0 amide bonds. The van der Waals surface area contributed by atoms with E-state index < -0.39 is 0 Å². The van der Waals surface area contributed by atoms with Crippen molar-refractivity contribution in [1.82, 2.24) is 15.0 Å². The van der Waals surface area contributed by atoms with Crippen molar-refractivity contribution >= 4 is 22.7 Å². The lowest BCUT2D eigenvalue weighted by atomic mass is 10.0. The first-order chi connectivity index (χ1) is 14.8. The third-order valence-corrected chi connectivity index (χ3v) is 4.97. The number of aromatic nitrogens is 3. The highest BCUT2D eigenvalue weighted by Crippen LogP contribution is 2.28. The van der Waals surface area contributed by atoms with E-state index in [1.54, 1.807) is 0 Å². The van der Waals surface area contributed by atoms with Gasteiger partial charge in [0, 0.05) is 34.8 Å². The summed E-state index contributed by atoms with van der Waals surface area (Å²) < 4.78 is 0. The van der Waals surface area contributed by atoms with Gasteiger partial charge >= 0.3 is 0 Å². The lowest BCUT2D eigenvalue weighted by Gasteiger charge is -2.21. The number of hydrogen-bond donors (Lipinski definition) is 2. The van der Waals surface area contributed by atoms with Crippen LogP contribution in [0.25, 0.3) is 22.2 Å². The Kier molecular flexibility index (Phi) is 5.59. The van der Waals surface area contributed by atoms with E-state index in [1.165, 1.54) is 5.56 Å². The van der Waals surface area contributed by atoms with E-state index in [4.69, 9.17) is 4.98 Å². The van der Waals surface area contributed by atoms with Gasteiger partial charge in [0.2, 0.25) is 5.95 Å². The van der Waals surface area contributed by atoms with Gasteiger partial charge in [-0.3, -0.25) is 0 Å². The molecular weight excluding hydrogens is 382 g/mol. The Hall–Kier alpha value is -3.47. The lowest BCUT2D eigenvalue weighted by molar-refractivity contribution is 0.625. The molecule has 5 heteroatoms. The van der Waals surface area contributed by atoms with Crippen molar-refractivity contribution in [1.29, 1.82) is 0 Å². The Balaban J connectivity index is 1.70. The quantitative estimate of drug-likeness (QED) is 0.413. The smallest absolute Gasteiger partial charge is 0.225 e. The molecule has 2 aromatic carbocycles. The van der Waals surface area contributed by atoms with E-state index in [0.29, 0.717) is 12.5 Å². The van der Waals surface area contributed by atoms with Gasteiger partial charge < -0.3 is 10.6 Å². The van der Waals surface area contributed by atoms with Crippen LogP contribution in [-0.2, 0) is 6.54 Å². The average molecular weight is 412 g/mol. The number of nitrogens with one attached hydrogen (secondary N) is 2. The lowest BCUT2D eigenvalue weighted by Crippen LogP contribution is -2.27. The summed E-state index contributed by atoms with van der Waals surface area (Å²) in [4.78, 5) is 14.2. The first-order valence-electron chi connectivity index (χ1n) is 10.6. The van der Waals surface area contributed by atoms with Crippen LogP contribution in [0.15, 0.2) is 60.7 Å². The Labute approximate surface area is 184 Å². The first-order valence-corrected chi connectivity index (χ1v) is 10.6. The molecule has 0 aliphatic heterocycles. The first kappa shape index (κ1) is 20.8. The van der Waals surface area contributed by atoms with Gasteiger partial charge in [-0.05, 0) is 51.8 Å². The van der Waals surface area contributed by atoms with Crippen molar-refractivity contribution in [2.75, 3.05) is 10.6 Å². The molecule has 31 heavy (non-hydrogen) atoms. The predicted octanol–water partition coefficient (Wildman–Crippen LogP) is 6.13. The average Bonchev–Trinajstić information content (AvgIpc) is 2.71. The summed E-state index contributed by atoms with van der Waals surface area (Å²) in [5.41, 5.74) is 6.27. The second-order valence-corrected chi connectivity index (χ2v) is 8.96.